The molecule has 2 aliphatic heterocycles. The summed E-state index contributed by atoms with van der Waals surface area (Å²) in [4.78, 5) is 63.7. The van der Waals surface area contributed by atoms with E-state index in [1.54, 1.807) is 14.2 Å². The number of hydrogen-bond donors (Lipinski definition) is 3. The molecule has 3 aliphatic carbocycles. The normalized spacial score (nSPS) is 26.6. The van der Waals surface area contributed by atoms with Crippen molar-refractivity contribution in [1.82, 2.24) is 25.2 Å². The van der Waals surface area contributed by atoms with E-state index < -0.39 is 74.1 Å². The van der Waals surface area contributed by atoms with Crippen LogP contribution in [-0.2, 0) is 35.6 Å². The molecule has 4 fully saturated rings. The summed E-state index contributed by atoms with van der Waals surface area (Å²) in [6, 6.07) is 11.2. The lowest BCUT2D eigenvalue weighted by molar-refractivity contribution is -0.142. The van der Waals surface area contributed by atoms with Gasteiger partial charge >= 0.3 is 6.09 Å². The molecule has 3 heterocycles. The van der Waals surface area contributed by atoms with Crippen LogP contribution in [0.4, 0.5) is 4.79 Å². The zero-order valence-electron chi connectivity index (χ0n) is 36.6. The molecule has 2 aromatic carbocycles. The number of carbonyl (C=O) groups is 4. The van der Waals surface area contributed by atoms with Gasteiger partial charge in [-0.3, -0.25) is 19.1 Å². The largest absolute Gasteiger partial charge is 0.497 e. The van der Waals surface area contributed by atoms with Crippen LogP contribution >= 0.6 is 0 Å². The third kappa shape index (κ3) is 9.46. The molecule has 3 N–H and O–H groups in total. The predicted octanol–water partition coefficient (Wildman–Crippen LogP) is 5.97. The maximum absolute atomic E-state index is 15.1. The molecule has 0 unspecified atom stereocenters. The fourth-order valence-electron chi connectivity index (χ4n) is 9.54. The summed E-state index contributed by atoms with van der Waals surface area (Å²) in [5, 5.41) is 5.87. The number of carbonyl (C=O) groups excluding carboxylic acids is 4. The lowest BCUT2D eigenvalue weighted by Crippen LogP contribution is -2.59. The van der Waals surface area contributed by atoms with E-state index in [0.29, 0.717) is 60.6 Å². The first-order valence-corrected chi connectivity index (χ1v) is 23.8. The molecular formula is C47H59N5O10S. The number of nitrogens with zero attached hydrogens (tertiary/aromatic N) is 2. The van der Waals surface area contributed by atoms with Crippen LogP contribution in [0.5, 0.6) is 17.2 Å². The number of alkyl carbamates (subject to hydrolysis) is 1. The molecule has 0 radical (unpaired) electrons. The van der Waals surface area contributed by atoms with Gasteiger partial charge in [-0.15, -0.1) is 6.58 Å². The molecule has 5 aliphatic rings. The number of rotatable bonds is 10. The number of hydrogen-bond acceptors (Lipinski definition) is 11. The van der Waals surface area contributed by atoms with Crippen LogP contribution < -0.4 is 29.6 Å². The third-order valence-corrected chi connectivity index (χ3v) is 15.3. The van der Waals surface area contributed by atoms with E-state index in [0.717, 1.165) is 48.6 Å². The van der Waals surface area contributed by atoms with E-state index >= 15 is 4.79 Å². The van der Waals surface area contributed by atoms with E-state index in [1.165, 1.54) is 11.0 Å². The second-order valence-corrected chi connectivity index (χ2v) is 20.7. The Morgan fingerprint density at radius 2 is 1.79 bits per heavy atom. The van der Waals surface area contributed by atoms with Crippen LogP contribution in [0.3, 0.4) is 0 Å². The van der Waals surface area contributed by atoms with Crippen molar-refractivity contribution in [3.05, 3.63) is 60.7 Å². The summed E-state index contributed by atoms with van der Waals surface area (Å²) in [5.74, 6) is -0.869. The highest BCUT2D eigenvalue weighted by Gasteiger charge is 2.62. The number of fused-ring (bicyclic) bond motifs is 3. The van der Waals surface area contributed by atoms with Gasteiger partial charge in [0.25, 0.3) is 5.91 Å². The highest BCUT2D eigenvalue weighted by Crippen LogP contribution is 2.46. The molecule has 5 atom stereocenters. The van der Waals surface area contributed by atoms with Gasteiger partial charge in [-0.2, -0.15) is 0 Å². The molecular weight excluding hydrogens is 827 g/mol. The standard InChI is InChI=1S/C47H59N5O10S/c1-6-31-25-47(31,44(55)51-63(57,58)34-17-18-34)50-42(53)38-22-33-26-52(38)43(54)41(28-12-8-7-9-13-28)49-45(56)61-27-46(2,3)19-11-15-30-21-35-37(24-39(30)60-5)48-36(23-40(35)62-33)29-14-10-16-32(20-29)59-4/h6,10,14,16,20-21,23-24,28,31,33-34,38,41H,1,7-9,11-13,15,17-19,22,25-27H2,2-5H3,(H,49,56)(H,50,53)(H,51,55)/t31-,33-,38+,41+,47-/m1/s1. The minimum Gasteiger partial charge on any atom is -0.497 e. The molecule has 338 valence electrons. The molecule has 16 heteroatoms. The van der Waals surface area contributed by atoms with Crippen molar-refractivity contribution >= 4 is 44.7 Å². The van der Waals surface area contributed by atoms with E-state index in [1.807, 2.05) is 56.3 Å². The Morgan fingerprint density at radius 3 is 2.49 bits per heavy atom. The van der Waals surface area contributed by atoms with Crippen molar-refractivity contribution < 1.29 is 46.5 Å². The number of benzene rings is 2. The number of methoxy groups -OCH3 is 2. The molecule has 1 aromatic heterocycles. The molecule has 0 spiro atoms. The quantitative estimate of drug-likeness (QED) is 0.203. The number of amides is 4. The lowest BCUT2D eigenvalue weighted by atomic mass is 9.83. The Hall–Kier alpha value is -5.38. The number of aryl methyl sites for hydroxylation is 1. The van der Waals surface area contributed by atoms with E-state index in [2.05, 4.69) is 21.9 Å². The summed E-state index contributed by atoms with van der Waals surface area (Å²) in [6.07, 6.45) is 7.52. The topological polar surface area (TPSA) is 192 Å². The lowest BCUT2D eigenvalue weighted by Gasteiger charge is -2.35. The average molecular weight is 886 g/mol. The van der Waals surface area contributed by atoms with E-state index in [-0.39, 0.29) is 31.9 Å². The van der Waals surface area contributed by atoms with Crippen molar-refractivity contribution in [2.75, 3.05) is 27.4 Å². The second-order valence-electron chi connectivity index (χ2n) is 18.7. The number of nitrogens with one attached hydrogen (secondary N) is 3. The van der Waals surface area contributed by atoms with Gasteiger partial charge in [0.2, 0.25) is 21.8 Å². The first-order chi connectivity index (χ1) is 30.1. The van der Waals surface area contributed by atoms with Crippen LogP contribution in [-0.4, -0.2) is 98.5 Å². The monoisotopic (exact) mass is 885 g/mol. The van der Waals surface area contributed by atoms with Crippen LogP contribution in [0.2, 0.25) is 0 Å². The molecule has 3 aromatic rings. The predicted molar refractivity (Wildman–Crippen MR) is 236 cm³/mol. The highest BCUT2D eigenvalue weighted by molar-refractivity contribution is 7.91. The molecule has 4 amide bonds. The van der Waals surface area contributed by atoms with E-state index in [4.69, 9.17) is 23.9 Å². The van der Waals surface area contributed by atoms with Gasteiger partial charge in [0.05, 0.1) is 43.8 Å². The van der Waals surface area contributed by atoms with Crippen LogP contribution in [0.25, 0.3) is 22.2 Å². The Balaban J connectivity index is 1.20. The van der Waals surface area contributed by atoms with Crippen LogP contribution in [0, 0.1) is 17.3 Å². The Kier molecular flexibility index (Phi) is 12.4. The summed E-state index contributed by atoms with van der Waals surface area (Å²) in [7, 11) is -0.706. The molecule has 15 nitrogen and oxygen atoms in total. The fraction of sp³-hybridized carbons (Fsp3) is 0.553. The molecule has 63 heavy (non-hydrogen) atoms. The molecule has 8 rings (SSSR count). The minimum absolute atomic E-state index is 0.0225. The van der Waals surface area contributed by atoms with E-state index in [9.17, 15) is 22.8 Å². The maximum Gasteiger partial charge on any atom is 0.407 e. The summed E-state index contributed by atoms with van der Waals surface area (Å²) >= 11 is 0. The van der Waals surface area contributed by atoms with Crippen molar-refractivity contribution in [3.8, 4) is 28.5 Å². The van der Waals surface area contributed by atoms with Crippen molar-refractivity contribution in [3.63, 3.8) is 0 Å². The van der Waals surface area contributed by atoms with Gasteiger partial charge < -0.3 is 34.5 Å². The maximum atomic E-state index is 15.1. The van der Waals surface area contributed by atoms with Gasteiger partial charge in [0, 0.05) is 35.4 Å². The highest BCUT2D eigenvalue weighted by atomic mass is 32.2. The zero-order chi connectivity index (χ0) is 44.7. The smallest absolute Gasteiger partial charge is 0.407 e. The first kappa shape index (κ1) is 44.2. The van der Waals surface area contributed by atoms with Crippen LogP contribution in [0.1, 0.15) is 90.0 Å². The van der Waals surface area contributed by atoms with Crippen molar-refractivity contribution in [2.24, 2.45) is 17.3 Å². The molecule has 3 saturated carbocycles. The number of ether oxygens (including phenoxy) is 4. The summed E-state index contributed by atoms with van der Waals surface area (Å²) < 4.78 is 52.2. The number of aromatic nitrogens is 1. The molecule has 1 saturated heterocycles. The van der Waals surface area contributed by atoms with Gasteiger partial charge in [0.1, 0.15) is 41.0 Å². The number of sulfonamides is 1. The van der Waals surface area contributed by atoms with Gasteiger partial charge in [0.15, 0.2) is 0 Å². The van der Waals surface area contributed by atoms with Crippen molar-refractivity contribution in [1.29, 1.82) is 0 Å². The second kappa shape index (κ2) is 17.6. The Morgan fingerprint density at radius 1 is 1.02 bits per heavy atom. The van der Waals surface area contributed by atoms with Gasteiger partial charge in [-0.05, 0) is 86.5 Å². The summed E-state index contributed by atoms with van der Waals surface area (Å²) in [5.41, 5.74) is 0.979. The SMILES string of the molecule is C=C[C@@H]1C[C@]1(NC(=O)[C@@H]1C[C@@H]2CN1C(=O)[C@H](C1CCCCC1)NC(=O)OCC(C)(C)CCCc1cc3c(cc(-c4cccc(OC)c4)nc3cc1OC)O2)C(=O)NS(=O)(=O)C1CC1. The number of cyclic esters (lactones) is 1. The average Bonchev–Trinajstić information content (AvgIpc) is 4.21. The van der Waals surface area contributed by atoms with Gasteiger partial charge in [-0.1, -0.05) is 51.3 Å². The minimum atomic E-state index is -3.93. The molecule has 4 bridgehead atoms. The zero-order valence-corrected chi connectivity index (χ0v) is 37.4. The Bertz CT molecular complexity index is 2400. The first-order valence-electron chi connectivity index (χ1n) is 22.2. The van der Waals surface area contributed by atoms with Crippen LogP contribution in [0.15, 0.2) is 55.1 Å². The Labute approximate surface area is 369 Å². The third-order valence-electron chi connectivity index (χ3n) is 13.5. The van der Waals surface area contributed by atoms with Gasteiger partial charge in [-0.25, -0.2) is 18.2 Å². The van der Waals surface area contributed by atoms with Crippen molar-refractivity contribution in [2.45, 2.75) is 120 Å². The number of pyridine rings is 1. The fourth-order valence-corrected chi connectivity index (χ4v) is 10.9. The summed E-state index contributed by atoms with van der Waals surface area (Å²) in [6.45, 7) is 8.01.